The zero-order chi connectivity index (χ0) is 19.4. The first-order valence-corrected chi connectivity index (χ1v) is 11.2. The first-order chi connectivity index (χ1) is 12.7. The molecule has 4 unspecified atom stereocenters. The molecule has 0 aromatic rings. The highest BCUT2D eigenvalue weighted by atomic mass is 16.6. The number of hydrogen-bond acceptors (Lipinski definition) is 4. The van der Waals surface area contributed by atoms with E-state index in [0.717, 1.165) is 49.9 Å². The highest BCUT2D eigenvalue weighted by Crippen LogP contribution is 2.65. The first kappa shape index (κ1) is 19.4. The summed E-state index contributed by atoms with van der Waals surface area (Å²) >= 11 is 0. The van der Waals surface area contributed by atoms with E-state index in [4.69, 9.17) is 10.6 Å². The molecular weight excluding hydrogens is 336 g/mol. The van der Waals surface area contributed by atoms with Crippen molar-refractivity contribution in [3.05, 3.63) is 0 Å². The van der Waals surface area contributed by atoms with Crippen molar-refractivity contribution in [3.63, 3.8) is 0 Å². The standard InChI is InChI=1S/C23H38N2O2/c1-21(2,14-24)27-25-16-9-11-22(3)15(13-16)5-6-17-18-7-8-20(26)23(18,4)12-10-19(17)22/h15,17-19H,5-14,24H2,1-4H3/b25-16-/t15?,17?,18?,19?,22-,23-/m0/s1. The van der Waals surface area contributed by atoms with Crippen LogP contribution in [-0.2, 0) is 9.63 Å². The number of rotatable bonds is 3. The molecule has 0 bridgehead atoms. The van der Waals surface area contributed by atoms with Crippen LogP contribution in [0, 0.1) is 34.5 Å². The van der Waals surface area contributed by atoms with Gasteiger partial charge >= 0.3 is 0 Å². The summed E-state index contributed by atoms with van der Waals surface area (Å²) in [6.07, 6.45) is 10.3. The van der Waals surface area contributed by atoms with E-state index in [0.29, 0.717) is 23.7 Å². The third-order valence-corrected chi connectivity index (χ3v) is 9.12. The minimum absolute atomic E-state index is 0.00665. The Morgan fingerprint density at radius 1 is 1.11 bits per heavy atom. The summed E-state index contributed by atoms with van der Waals surface area (Å²) in [7, 11) is 0. The molecule has 0 aromatic carbocycles. The summed E-state index contributed by atoms with van der Waals surface area (Å²) in [5.74, 6) is 3.48. The number of ketones is 1. The highest BCUT2D eigenvalue weighted by molar-refractivity contribution is 5.87. The molecule has 2 N–H and O–H groups in total. The molecular formula is C23H38N2O2. The Morgan fingerprint density at radius 2 is 1.89 bits per heavy atom. The topological polar surface area (TPSA) is 64.7 Å². The Labute approximate surface area is 164 Å². The maximum atomic E-state index is 12.5. The van der Waals surface area contributed by atoms with Crippen molar-refractivity contribution >= 4 is 11.5 Å². The molecule has 0 heterocycles. The fourth-order valence-corrected chi connectivity index (χ4v) is 7.14. The zero-order valence-electron chi connectivity index (χ0n) is 17.7. The van der Waals surface area contributed by atoms with E-state index < -0.39 is 0 Å². The third kappa shape index (κ3) is 3.07. The van der Waals surface area contributed by atoms with Crippen LogP contribution in [0.25, 0.3) is 0 Å². The van der Waals surface area contributed by atoms with Crippen LogP contribution in [0.1, 0.15) is 85.5 Å². The second-order valence-electron chi connectivity index (χ2n) is 11.0. The molecule has 4 aliphatic carbocycles. The second kappa shape index (κ2) is 6.57. The predicted molar refractivity (Wildman–Crippen MR) is 108 cm³/mol. The van der Waals surface area contributed by atoms with E-state index in [1.165, 1.54) is 31.4 Å². The second-order valence-corrected chi connectivity index (χ2v) is 11.0. The van der Waals surface area contributed by atoms with Crippen LogP contribution >= 0.6 is 0 Å². The van der Waals surface area contributed by atoms with Crippen LogP contribution in [0.2, 0.25) is 0 Å². The smallest absolute Gasteiger partial charge is 0.144 e. The Morgan fingerprint density at radius 3 is 2.63 bits per heavy atom. The normalized spacial score (nSPS) is 46.0. The summed E-state index contributed by atoms with van der Waals surface area (Å²) in [6.45, 7) is 9.30. The summed E-state index contributed by atoms with van der Waals surface area (Å²) < 4.78 is 0. The summed E-state index contributed by atoms with van der Waals surface area (Å²) in [5.41, 5.74) is 7.03. The molecule has 0 aromatic heterocycles. The van der Waals surface area contributed by atoms with E-state index in [-0.39, 0.29) is 11.0 Å². The van der Waals surface area contributed by atoms with Crippen LogP contribution in [-0.4, -0.2) is 23.6 Å². The molecule has 4 fully saturated rings. The van der Waals surface area contributed by atoms with Crippen LogP contribution in [0.3, 0.4) is 0 Å². The minimum Gasteiger partial charge on any atom is -0.389 e. The lowest BCUT2D eigenvalue weighted by atomic mass is 9.45. The van der Waals surface area contributed by atoms with Crippen molar-refractivity contribution in [1.82, 2.24) is 0 Å². The average molecular weight is 375 g/mol. The van der Waals surface area contributed by atoms with Crippen molar-refractivity contribution in [1.29, 1.82) is 0 Å². The molecule has 6 atom stereocenters. The number of nitrogens with zero attached hydrogens (tertiary/aromatic N) is 1. The summed E-state index contributed by atoms with van der Waals surface area (Å²) in [5, 5.41) is 4.52. The molecule has 27 heavy (non-hydrogen) atoms. The molecule has 0 saturated heterocycles. The molecule has 4 nitrogen and oxygen atoms in total. The van der Waals surface area contributed by atoms with E-state index in [2.05, 4.69) is 19.0 Å². The van der Waals surface area contributed by atoms with Crippen LogP contribution in [0.4, 0.5) is 0 Å². The van der Waals surface area contributed by atoms with Gasteiger partial charge in [-0.1, -0.05) is 19.0 Å². The van der Waals surface area contributed by atoms with E-state index in [1.807, 2.05) is 13.8 Å². The van der Waals surface area contributed by atoms with Gasteiger partial charge in [0, 0.05) is 18.4 Å². The monoisotopic (exact) mass is 374 g/mol. The Balaban J connectivity index is 1.49. The Kier molecular flexibility index (Phi) is 4.73. The lowest BCUT2D eigenvalue weighted by molar-refractivity contribution is -0.137. The lowest BCUT2D eigenvalue weighted by Gasteiger charge is -2.59. The van der Waals surface area contributed by atoms with Gasteiger partial charge in [0.05, 0.1) is 5.71 Å². The van der Waals surface area contributed by atoms with Crippen LogP contribution < -0.4 is 5.73 Å². The lowest BCUT2D eigenvalue weighted by Crippen LogP contribution is -2.53. The van der Waals surface area contributed by atoms with Crippen molar-refractivity contribution in [3.8, 4) is 0 Å². The molecule has 0 amide bonds. The van der Waals surface area contributed by atoms with Crippen LogP contribution in [0.15, 0.2) is 5.16 Å². The molecule has 4 saturated carbocycles. The maximum Gasteiger partial charge on any atom is 0.144 e. The first-order valence-electron chi connectivity index (χ1n) is 11.2. The van der Waals surface area contributed by atoms with Gasteiger partial charge in [-0.15, -0.1) is 0 Å². The summed E-state index contributed by atoms with van der Waals surface area (Å²) in [4.78, 5) is 18.3. The van der Waals surface area contributed by atoms with Gasteiger partial charge in [-0.3, -0.25) is 4.79 Å². The molecule has 152 valence electrons. The van der Waals surface area contributed by atoms with Gasteiger partial charge in [0.2, 0.25) is 0 Å². The quantitative estimate of drug-likeness (QED) is 0.728. The molecule has 4 aliphatic rings. The number of hydrogen-bond donors (Lipinski definition) is 1. The molecule has 0 spiro atoms. The van der Waals surface area contributed by atoms with E-state index in [9.17, 15) is 4.79 Å². The van der Waals surface area contributed by atoms with Gasteiger partial charge < -0.3 is 10.6 Å². The van der Waals surface area contributed by atoms with Crippen molar-refractivity contribution in [2.75, 3.05) is 6.54 Å². The average Bonchev–Trinajstić information content (AvgIpc) is 2.95. The Bertz CT molecular complexity index is 642. The van der Waals surface area contributed by atoms with Gasteiger partial charge in [0.15, 0.2) is 0 Å². The van der Waals surface area contributed by atoms with Crippen LogP contribution in [0.5, 0.6) is 0 Å². The van der Waals surface area contributed by atoms with Gasteiger partial charge in [-0.25, -0.2) is 0 Å². The number of Topliss-reactive ketones (excluding diaryl/α,β-unsaturated/α-hetero) is 1. The zero-order valence-corrected chi connectivity index (χ0v) is 17.7. The Hall–Kier alpha value is -0.900. The fraction of sp³-hybridized carbons (Fsp3) is 0.913. The summed E-state index contributed by atoms with van der Waals surface area (Å²) in [6, 6.07) is 0. The largest absolute Gasteiger partial charge is 0.389 e. The van der Waals surface area contributed by atoms with Gasteiger partial charge in [-0.2, -0.15) is 0 Å². The van der Waals surface area contributed by atoms with Crippen molar-refractivity contribution in [2.24, 2.45) is 45.4 Å². The molecule has 4 rings (SSSR count). The van der Waals surface area contributed by atoms with E-state index in [1.54, 1.807) is 0 Å². The highest BCUT2D eigenvalue weighted by Gasteiger charge is 2.60. The number of carbonyl (C=O) groups is 1. The van der Waals surface area contributed by atoms with Gasteiger partial charge in [0.25, 0.3) is 0 Å². The predicted octanol–water partition coefficient (Wildman–Crippen LogP) is 4.71. The van der Waals surface area contributed by atoms with Crippen molar-refractivity contribution in [2.45, 2.75) is 91.1 Å². The van der Waals surface area contributed by atoms with Crippen molar-refractivity contribution < 1.29 is 9.63 Å². The maximum absolute atomic E-state index is 12.5. The third-order valence-electron chi connectivity index (χ3n) is 9.12. The molecule has 0 radical (unpaired) electrons. The van der Waals surface area contributed by atoms with Gasteiger partial charge in [0.1, 0.15) is 11.4 Å². The number of oxime groups is 1. The molecule has 4 heteroatoms. The molecule has 0 aliphatic heterocycles. The number of nitrogens with two attached hydrogens (primary N) is 1. The van der Waals surface area contributed by atoms with E-state index >= 15 is 0 Å². The SMILES string of the molecule is CC(C)(CN)O/N=C1/CC[C@@]2(C)C(CCC3C2CC[C@]2(C)C(=O)CCC32)C1. The van der Waals surface area contributed by atoms with Gasteiger partial charge in [-0.05, 0) is 94.3 Å². The number of carbonyl (C=O) groups excluding carboxylic acids is 1. The minimum atomic E-state index is -0.381. The fourth-order valence-electron chi connectivity index (χ4n) is 7.14. The number of fused-ring (bicyclic) bond motifs is 5.